The molecule has 3 aromatic rings. The van der Waals surface area contributed by atoms with Gasteiger partial charge in [0.15, 0.2) is 0 Å². The molecule has 0 saturated heterocycles. The summed E-state index contributed by atoms with van der Waals surface area (Å²) in [6.07, 6.45) is 2.91. The number of hydrogen-bond acceptors (Lipinski definition) is 2. The lowest BCUT2D eigenvalue weighted by Crippen LogP contribution is -2.30. The first-order valence-corrected chi connectivity index (χ1v) is 9.13. The maximum Gasteiger partial charge on any atom is 0.131 e. The average molecular weight is 368 g/mol. The highest BCUT2D eigenvalue weighted by Gasteiger charge is 2.31. The molecule has 0 N–H and O–H groups in total. The summed E-state index contributed by atoms with van der Waals surface area (Å²) in [6, 6.07) is 15.3. The molecule has 3 nitrogen and oxygen atoms in total. The number of aromatic nitrogens is 1. The van der Waals surface area contributed by atoms with Crippen LogP contribution in [0.1, 0.15) is 29.3 Å². The summed E-state index contributed by atoms with van der Waals surface area (Å²) in [5, 5.41) is 0. The van der Waals surface area contributed by atoms with E-state index in [0.717, 1.165) is 36.5 Å². The second-order valence-corrected chi connectivity index (χ2v) is 6.84. The highest BCUT2D eigenvalue weighted by Crippen LogP contribution is 2.35. The van der Waals surface area contributed by atoms with Crippen LogP contribution in [0.3, 0.4) is 0 Å². The predicted molar refractivity (Wildman–Crippen MR) is 101 cm³/mol. The van der Waals surface area contributed by atoms with Crippen molar-refractivity contribution in [3.63, 3.8) is 0 Å². The lowest BCUT2D eigenvalue weighted by molar-refractivity contribution is 0.212. The molecule has 5 heteroatoms. The molecule has 0 amide bonds. The molecule has 0 fully saturated rings. The molecule has 140 valence electrons. The Labute approximate surface area is 157 Å². The van der Waals surface area contributed by atoms with Crippen LogP contribution >= 0.6 is 0 Å². The van der Waals surface area contributed by atoms with Gasteiger partial charge in [-0.3, -0.25) is 4.90 Å². The quantitative estimate of drug-likeness (QED) is 0.660. The number of methoxy groups -OCH3 is 1. The van der Waals surface area contributed by atoms with E-state index in [-0.39, 0.29) is 5.56 Å². The lowest BCUT2D eigenvalue weighted by atomic mass is 9.99. The highest BCUT2D eigenvalue weighted by molar-refractivity contribution is 5.33. The van der Waals surface area contributed by atoms with Crippen molar-refractivity contribution in [1.29, 1.82) is 0 Å². The lowest BCUT2D eigenvalue weighted by Gasteiger charge is -2.31. The highest BCUT2D eigenvalue weighted by atomic mass is 19.1. The van der Waals surface area contributed by atoms with E-state index < -0.39 is 17.7 Å². The van der Waals surface area contributed by atoms with Crippen LogP contribution in [0, 0.1) is 11.6 Å². The smallest absolute Gasteiger partial charge is 0.131 e. The van der Waals surface area contributed by atoms with Crippen molar-refractivity contribution in [3.8, 4) is 5.75 Å². The zero-order chi connectivity index (χ0) is 18.8. The molecule has 0 radical (unpaired) electrons. The van der Waals surface area contributed by atoms with Gasteiger partial charge in [0, 0.05) is 37.1 Å². The summed E-state index contributed by atoms with van der Waals surface area (Å²) in [7, 11) is 1.63. The molecule has 0 spiro atoms. The summed E-state index contributed by atoms with van der Waals surface area (Å²) in [5.41, 5.74) is 2.12. The molecule has 0 saturated carbocycles. The van der Waals surface area contributed by atoms with Crippen molar-refractivity contribution in [3.05, 3.63) is 89.2 Å². The summed E-state index contributed by atoms with van der Waals surface area (Å²) in [6.45, 7) is 2.20. The van der Waals surface area contributed by atoms with Crippen LogP contribution in [0.25, 0.3) is 0 Å². The molecule has 4 rings (SSSR count). The van der Waals surface area contributed by atoms with Crippen molar-refractivity contribution in [1.82, 2.24) is 9.47 Å². The van der Waals surface area contributed by atoms with E-state index in [4.69, 9.17) is 4.74 Å². The summed E-state index contributed by atoms with van der Waals surface area (Å²) in [4.78, 5) is 2.15. The van der Waals surface area contributed by atoms with Crippen LogP contribution < -0.4 is 4.74 Å². The number of ether oxygens (including phenoxy) is 1. The Kier molecular flexibility index (Phi) is 4.94. The largest absolute Gasteiger partial charge is 0.497 e. The van der Waals surface area contributed by atoms with Crippen molar-refractivity contribution in [2.24, 2.45) is 0 Å². The topological polar surface area (TPSA) is 17.4 Å². The molecule has 0 aliphatic carbocycles. The Morgan fingerprint density at radius 3 is 2.41 bits per heavy atom. The van der Waals surface area contributed by atoms with Crippen molar-refractivity contribution < 1.29 is 13.5 Å². The normalized spacial score (nSPS) is 17.4. The van der Waals surface area contributed by atoms with E-state index in [1.807, 2.05) is 42.6 Å². The van der Waals surface area contributed by atoms with Crippen LogP contribution in [0.2, 0.25) is 0 Å². The number of halogens is 2. The third-order valence-corrected chi connectivity index (χ3v) is 5.17. The van der Waals surface area contributed by atoms with Gasteiger partial charge in [0.1, 0.15) is 17.4 Å². The fourth-order valence-corrected chi connectivity index (χ4v) is 3.88. The molecular weight excluding hydrogens is 346 g/mol. The van der Waals surface area contributed by atoms with Crippen LogP contribution in [0.15, 0.2) is 60.8 Å². The second-order valence-electron chi connectivity index (χ2n) is 6.84. The van der Waals surface area contributed by atoms with E-state index in [1.165, 1.54) is 18.2 Å². The van der Waals surface area contributed by atoms with Gasteiger partial charge in [0.05, 0.1) is 13.2 Å². The Bertz CT molecular complexity index is 900. The molecular formula is C22H22F2N2O. The fraction of sp³-hybridized carbons (Fsp3) is 0.273. The van der Waals surface area contributed by atoms with Crippen molar-refractivity contribution in [2.45, 2.75) is 25.6 Å². The summed E-state index contributed by atoms with van der Waals surface area (Å²) in [5.74, 6) is -0.219. The number of rotatable bonds is 4. The van der Waals surface area contributed by atoms with Crippen molar-refractivity contribution >= 4 is 0 Å². The van der Waals surface area contributed by atoms with Gasteiger partial charge in [-0.2, -0.15) is 0 Å². The van der Waals surface area contributed by atoms with Gasteiger partial charge < -0.3 is 9.30 Å². The van der Waals surface area contributed by atoms with Crippen LogP contribution in [-0.2, 0) is 13.1 Å². The molecule has 1 aliphatic heterocycles. The average Bonchev–Trinajstić information content (AvgIpc) is 3.06. The molecule has 0 bridgehead atoms. The van der Waals surface area contributed by atoms with E-state index in [1.54, 1.807) is 7.11 Å². The number of nitrogens with zero attached hydrogens (tertiary/aromatic N) is 2. The maximum atomic E-state index is 14.7. The zero-order valence-corrected chi connectivity index (χ0v) is 15.2. The molecule has 2 aromatic carbocycles. The van der Waals surface area contributed by atoms with Gasteiger partial charge in [-0.25, -0.2) is 8.78 Å². The molecule has 1 aliphatic rings. The first-order valence-electron chi connectivity index (χ1n) is 9.13. The SMILES string of the molecule is COc1ccc(CN2CCCn3cccc3[C@@H]2c2c(F)cccc2F)cc1. The molecule has 0 unspecified atom stereocenters. The number of aryl methyl sites for hydroxylation is 1. The zero-order valence-electron chi connectivity index (χ0n) is 15.2. The number of fused-ring (bicyclic) bond motifs is 1. The van der Waals surface area contributed by atoms with Crippen LogP contribution in [0.4, 0.5) is 8.78 Å². The second kappa shape index (κ2) is 7.53. The molecule has 27 heavy (non-hydrogen) atoms. The van der Waals surface area contributed by atoms with Gasteiger partial charge in [-0.05, 0) is 48.4 Å². The Morgan fingerprint density at radius 1 is 0.963 bits per heavy atom. The van der Waals surface area contributed by atoms with E-state index in [2.05, 4.69) is 9.47 Å². The number of hydrogen-bond donors (Lipinski definition) is 0. The van der Waals surface area contributed by atoms with E-state index in [0.29, 0.717) is 6.54 Å². The maximum absolute atomic E-state index is 14.7. The Hall–Kier alpha value is -2.66. The Morgan fingerprint density at radius 2 is 1.70 bits per heavy atom. The predicted octanol–water partition coefficient (Wildman–Crippen LogP) is 4.77. The summed E-state index contributed by atoms with van der Waals surface area (Å²) < 4.78 is 36.7. The third kappa shape index (κ3) is 3.47. The van der Waals surface area contributed by atoms with Crippen molar-refractivity contribution in [2.75, 3.05) is 13.7 Å². The van der Waals surface area contributed by atoms with E-state index in [9.17, 15) is 8.78 Å². The van der Waals surface area contributed by atoms with Gasteiger partial charge in [0.2, 0.25) is 0 Å². The fourth-order valence-electron chi connectivity index (χ4n) is 3.88. The molecule has 1 atom stereocenters. The molecule has 2 heterocycles. The standard InChI is InChI=1S/C22H22F2N2O/c1-27-17-10-8-16(9-11-17)15-26-14-4-13-25-12-3-7-20(25)22(26)21-18(23)5-2-6-19(21)24/h2-3,5-12,22H,4,13-15H2,1H3/t22-/m1/s1. The first kappa shape index (κ1) is 17.7. The van der Waals surface area contributed by atoms with Crippen LogP contribution in [-0.4, -0.2) is 23.1 Å². The first-order chi connectivity index (χ1) is 13.2. The van der Waals surface area contributed by atoms with Gasteiger partial charge in [0.25, 0.3) is 0 Å². The summed E-state index contributed by atoms with van der Waals surface area (Å²) >= 11 is 0. The minimum absolute atomic E-state index is 0.118. The Balaban J connectivity index is 1.76. The molecule has 1 aromatic heterocycles. The van der Waals surface area contributed by atoms with Gasteiger partial charge in [-0.1, -0.05) is 18.2 Å². The van der Waals surface area contributed by atoms with Gasteiger partial charge in [-0.15, -0.1) is 0 Å². The monoisotopic (exact) mass is 368 g/mol. The van der Waals surface area contributed by atoms with E-state index >= 15 is 0 Å². The minimum atomic E-state index is -0.505. The number of benzene rings is 2. The van der Waals surface area contributed by atoms with Gasteiger partial charge >= 0.3 is 0 Å². The van der Waals surface area contributed by atoms with Crippen LogP contribution in [0.5, 0.6) is 5.75 Å². The third-order valence-electron chi connectivity index (χ3n) is 5.17. The minimum Gasteiger partial charge on any atom is -0.497 e.